The van der Waals surface area contributed by atoms with Crippen LogP contribution in [0.15, 0.2) is 42.6 Å². The van der Waals surface area contributed by atoms with E-state index in [1.54, 1.807) is 47.9 Å². The van der Waals surface area contributed by atoms with Crippen LogP contribution in [0.2, 0.25) is 0 Å². The van der Waals surface area contributed by atoms with Crippen molar-refractivity contribution < 1.29 is 14.3 Å². The third kappa shape index (κ3) is 5.35. The number of carbonyl (C=O) groups excluding carboxylic acids is 2. The predicted octanol–water partition coefficient (Wildman–Crippen LogP) is 5.12. The van der Waals surface area contributed by atoms with E-state index in [0.717, 1.165) is 16.2 Å². The number of rotatable bonds is 8. The summed E-state index contributed by atoms with van der Waals surface area (Å²) in [5, 5.41) is 10.6. The summed E-state index contributed by atoms with van der Waals surface area (Å²) in [5.41, 5.74) is 3.42. The number of nitrogens with one attached hydrogen (secondary N) is 2. The normalized spacial score (nSPS) is 11.1. The first-order valence-corrected chi connectivity index (χ1v) is 12.3. The monoisotopic (exact) mass is 491 g/mol. The summed E-state index contributed by atoms with van der Waals surface area (Å²) in [6, 6.07) is 11.0. The Labute approximate surface area is 208 Å². The maximum absolute atomic E-state index is 13.2. The number of thiophene rings is 1. The Balaban J connectivity index is 1.56. The molecule has 2 N–H and O–H groups in total. The lowest BCUT2D eigenvalue weighted by Gasteiger charge is -2.11. The molecule has 8 nitrogen and oxygen atoms in total. The zero-order valence-electron chi connectivity index (χ0n) is 20.5. The van der Waals surface area contributed by atoms with Crippen molar-refractivity contribution in [2.24, 2.45) is 0 Å². The molecule has 4 aromatic rings. The summed E-state index contributed by atoms with van der Waals surface area (Å²) in [7, 11) is 0. The number of hydrogen-bond donors (Lipinski definition) is 2. The van der Waals surface area contributed by atoms with E-state index in [0.29, 0.717) is 34.6 Å². The molecule has 0 atom stereocenters. The van der Waals surface area contributed by atoms with Crippen molar-refractivity contribution in [3.8, 4) is 17.0 Å². The second-order valence-electron chi connectivity index (χ2n) is 8.49. The predicted molar refractivity (Wildman–Crippen MR) is 139 cm³/mol. The Morgan fingerprint density at radius 1 is 1.14 bits per heavy atom. The van der Waals surface area contributed by atoms with Crippen LogP contribution in [0.25, 0.3) is 22.3 Å². The van der Waals surface area contributed by atoms with Gasteiger partial charge in [0.25, 0.3) is 5.91 Å². The van der Waals surface area contributed by atoms with E-state index in [-0.39, 0.29) is 24.4 Å². The van der Waals surface area contributed by atoms with E-state index < -0.39 is 0 Å². The minimum atomic E-state index is -0.353. The first kappa shape index (κ1) is 24.4. The van der Waals surface area contributed by atoms with Gasteiger partial charge in [-0.25, -0.2) is 9.67 Å². The highest BCUT2D eigenvalue weighted by molar-refractivity contribution is 7.12. The number of nitrogens with zero attached hydrogens (tertiary/aromatic N) is 3. The summed E-state index contributed by atoms with van der Waals surface area (Å²) in [6.07, 6.45) is 1.66. The van der Waals surface area contributed by atoms with Crippen molar-refractivity contribution in [1.29, 1.82) is 0 Å². The third-order valence-corrected chi connectivity index (χ3v) is 6.44. The standard InChI is InChI=1S/C26H29N5O3S/c1-6-34-19-9-7-18(8-10-19)29-24(32)14-27-26(33)21-12-23(20-11-16(4)35-17(20)5)30-25-22(21)13-28-31(25)15(2)3/h7-13,15H,6,14H2,1-5H3,(H,27,33)(H,29,32). The van der Waals surface area contributed by atoms with Gasteiger partial charge in [0.1, 0.15) is 5.75 Å². The number of benzene rings is 1. The summed E-state index contributed by atoms with van der Waals surface area (Å²) in [5.74, 6) is 0.0536. The van der Waals surface area contributed by atoms with Gasteiger partial charge in [-0.05, 0) is 71.0 Å². The number of ether oxygens (including phenoxy) is 1. The molecule has 4 rings (SSSR count). The van der Waals surface area contributed by atoms with Crippen LogP contribution in [0.4, 0.5) is 5.69 Å². The van der Waals surface area contributed by atoms with Gasteiger partial charge in [-0.15, -0.1) is 11.3 Å². The quantitative estimate of drug-likeness (QED) is 0.356. The largest absolute Gasteiger partial charge is 0.494 e. The van der Waals surface area contributed by atoms with Gasteiger partial charge < -0.3 is 15.4 Å². The SMILES string of the molecule is CCOc1ccc(NC(=O)CNC(=O)c2cc(-c3cc(C)sc3C)nc3c2cnn3C(C)C)cc1. The molecule has 0 spiro atoms. The second kappa shape index (κ2) is 10.3. The molecule has 2 amide bonds. The van der Waals surface area contributed by atoms with Crippen LogP contribution < -0.4 is 15.4 Å². The molecular formula is C26H29N5O3S. The van der Waals surface area contributed by atoms with Gasteiger partial charge in [0.2, 0.25) is 5.91 Å². The Kier molecular flexibility index (Phi) is 7.16. The number of hydrogen-bond acceptors (Lipinski definition) is 6. The first-order valence-electron chi connectivity index (χ1n) is 11.5. The van der Waals surface area contributed by atoms with Crippen molar-refractivity contribution in [3.05, 3.63) is 57.9 Å². The summed E-state index contributed by atoms with van der Waals surface area (Å²) in [6.45, 7) is 10.5. The van der Waals surface area contributed by atoms with Gasteiger partial charge in [-0.2, -0.15) is 5.10 Å². The van der Waals surface area contributed by atoms with E-state index in [2.05, 4.69) is 28.7 Å². The number of aryl methyl sites for hydroxylation is 2. The number of amides is 2. The fourth-order valence-corrected chi connectivity index (χ4v) is 4.80. The van der Waals surface area contributed by atoms with Crippen LogP contribution in [0, 0.1) is 13.8 Å². The third-order valence-electron chi connectivity index (χ3n) is 5.48. The highest BCUT2D eigenvalue weighted by Gasteiger charge is 2.20. The van der Waals surface area contributed by atoms with Crippen LogP contribution in [0.5, 0.6) is 5.75 Å². The molecule has 1 aromatic carbocycles. The van der Waals surface area contributed by atoms with Gasteiger partial charge in [0, 0.05) is 27.0 Å². The zero-order chi connectivity index (χ0) is 25.1. The molecule has 0 unspecified atom stereocenters. The van der Waals surface area contributed by atoms with Crippen molar-refractivity contribution in [3.63, 3.8) is 0 Å². The number of carbonyl (C=O) groups is 2. The van der Waals surface area contributed by atoms with Crippen LogP contribution in [0.1, 0.15) is 46.9 Å². The Hall–Kier alpha value is -3.72. The summed E-state index contributed by atoms with van der Waals surface area (Å²) < 4.78 is 7.22. The molecule has 3 aromatic heterocycles. The minimum Gasteiger partial charge on any atom is -0.494 e. The zero-order valence-corrected chi connectivity index (χ0v) is 21.3. The van der Waals surface area contributed by atoms with Crippen LogP contribution in [-0.4, -0.2) is 39.7 Å². The van der Waals surface area contributed by atoms with Crippen LogP contribution in [0.3, 0.4) is 0 Å². The van der Waals surface area contributed by atoms with E-state index in [1.807, 2.05) is 32.4 Å². The van der Waals surface area contributed by atoms with Crippen LogP contribution in [-0.2, 0) is 4.79 Å². The Bertz CT molecular complexity index is 1370. The van der Waals surface area contributed by atoms with Gasteiger partial charge >= 0.3 is 0 Å². The molecular weight excluding hydrogens is 462 g/mol. The van der Waals surface area contributed by atoms with E-state index in [9.17, 15) is 9.59 Å². The fraction of sp³-hybridized carbons (Fsp3) is 0.308. The van der Waals surface area contributed by atoms with Crippen molar-refractivity contribution in [2.45, 2.75) is 40.7 Å². The number of fused-ring (bicyclic) bond motifs is 1. The summed E-state index contributed by atoms with van der Waals surface area (Å²) >= 11 is 1.69. The van der Waals surface area contributed by atoms with Gasteiger partial charge in [-0.1, -0.05) is 0 Å². The topological polar surface area (TPSA) is 98.1 Å². The second-order valence-corrected chi connectivity index (χ2v) is 9.95. The molecule has 0 aliphatic carbocycles. The van der Waals surface area contributed by atoms with Gasteiger partial charge in [0.15, 0.2) is 5.65 Å². The first-order chi connectivity index (χ1) is 16.8. The Morgan fingerprint density at radius 3 is 2.51 bits per heavy atom. The lowest BCUT2D eigenvalue weighted by molar-refractivity contribution is -0.115. The Morgan fingerprint density at radius 2 is 1.89 bits per heavy atom. The molecule has 0 aliphatic rings. The lowest BCUT2D eigenvalue weighted by atomic mass is 10.1. The highest BCUT2D eigenvalue weighted by atomic mass is 32.1. The number of aromatic nitrogens is 3. The molecule has 35 heavy (non-hydrogen) atoms. The maximum Gasteiger partial charge on any atom is 0.252 e. The highest BCUT2D eigenvalue weighted by Crippen LogP contribution is 2.32. The van der Waals surface area contributed by atoms with Crippen molar-refractivity contribution in [2.75, 3.05) is 18.5 Å². The van der Waals surface area contributed by atoms with Gasteiger partial charge in [0.05, 0.1) is 36.0 Å². The molecule has 0 radical (unpaired) electrons. The van der Waals surface area contributed by atoms with E-state index in [4.69, 9.17) is 9.72 Å². The number of anilines is 1. The summed E-state index contributed by atoms with van der Waals surface area (Å²) in [4.78, 5) is 32.8. The van der Waals surface area contributed by atoms with Gasteiger partial charge in [-0.3, -0.25) is 9.59 Å². The molecule has 0 aliphatic heterocycles. The van der Waals surface area contributed by atoms with E-state index >= 15 is 0 Å². The van der Waals surface area contributed by atoms with Crippen molar-refractivity contribution in [1.82, 2.24) is 20.1 Å². The fourth-order valence-electron chi connectivity index (χ4n) is 3.87. The minimum absolute atomic E-state index is 0.0800. The molecule has 0 bridgehead atoms. The molecule has 0 saturated heterocycles. The maximum atomic E-state index is 13.2. The average molecular weight is 492 g/mol. The molecule has 9 heteroatoms. The molecule has 0 fully saturated rings. The smallest absolute Gasteiger partial charge is 0.252 e. The molecule has 3 heterocycles. The lowest BCUT2D eigenvalue weighted by Crippen LogP contribution is -2.33. The molecule has 182 valence electrons. The van der Waals surface area contributed by atoms with Crippen molar-refractivity contribution >= 4 is 39.9 Å². The van der Waals surface area contributed by atoms with E-state index in [1.165, 1.54) is 4.88 Å². The van der Waals surface area contributed by atoms with Crippen LogP contribution >= 0.6 is 11.3 Å². The average Bonchev–Trinajstić information content (AvgIpc) is 3.40. The molecule has 0 saturated carbocycles. The number of pyridine rings is 1.